The summed E-state index contributed by atoms with van der Waals surface area (Å²) in [6.45, 7) is 0. The molecule has 0 fully saturated rings. The summed E-state index contributed by atoms with van der Waals surface area (Å²) in [7, 11) is 0. The standard InChI is InChI=1S/C22H16F3N5S/c23-22(24,25)14-5-4-8-16(11-14)28-20-18-12-17(9-10-19(18)26-13-27-20)30-21(31)29-15-6-2-1-3-7-15/h1-13H,(H,26,27,28)(H2,29,30,31). The lowest BCUT2D eigenvalue weighted by Crippen LogP contribution is -2.18. The molecule has 1 aromatic heterocycles. The highest BCUT2D eigenvalue weighted by atomic mass is 32.1. The fraction of sp³-hybridized carbons (Fsp3) is 0.0455. The van der Waals surface area contributed by atoms with Crippen LogP contribution in [0.5, 0.6) is 0 Å². The van der Waals surface area contributed by atoms with Gasteiger partial charge in [-0.2, -0.15) is 13.2 Å². The quantitative estimate of drug-likeness (QED) is 0.329. The highest BCUT2D eigenvalue weighted by molar-refractivity contribution is 7.80. The fourth-order valence-corrected chi connectivity index (χ4v) is 3.19. The van der Waals surface area contributed by atoms with Crippen molar-refractivity contribution >= 4 is 51.1 Å². The smallest absolute Gasteiger partial charge is 0.340 e. The number of benzene rings is 3. The number of aromatic nitrogens is 2. The van der Waals surface area contributed by atoms with Gasteiger partial charge >= 0.3 is 6.18 Å². The average molecular weight is 439 g/mol. The zero-order chi connectivity index (χ0) is 21.8. The second-order valence-electron chi connectivity index (χ2n) is 6.60. The zero-order valence-electron chi connectivity index (χ0n) is 15.9. The van der Waals surface area contributed by atoms with Crippen LogP contribution >= 0.6 is 12.2 Å². The van der Waals surface area contributed by atoms with Crippen LogP contribution in [-0.4, -0.2) is 15.1 Å². The maximum absolute atomic E-state index is 13.0. The van der Waals surface area contributed by atoms with Crippen molar-refractivity contribution in [1.29, 1.82) is 0 Å². The second kappa shape index (κ2) is 8.57. The van der Waals surface area contributed by atoms with E-state index in [0.717, 1.165) is 17.8 Å². The number of halogens is 3. The largest absolute Gasteiger partial charge is 0.416 e. The summed E-state index contributed by atoms with van der Waals surface area (Å²) in [5.74, 6) is 0.384. The molecule has 156 valence electrons. The van der Waals surface area contributed by atoms with Crippen molar-refractivity contribution in [3.8, 4) is 0 Å². The third-order valence-corrected chi connectivity index (χ3v) is 4.58. The van der Waals surface area contributed by atoms with Gasteiger partial charge in [-0.05, 0) is 60.7 Å². The van der Waals surface area contributed by atoms with Gasteiger partial charge in [-0.3, -0.25) is 0 Å². The Kier molecular flexibility index (Phi) is 5.68. The predicted molar refractivity (Wildman–Crippen MR) is 121 cm³/mol. The van der Waals surface area contributed by atoms with Gasteiger partial charge in [-0.1, -0.05) is 24.3 Å². The number of hydrogen-bond donors (Lipinski definition) is 3. The molecule has 0 aliphatic rings. The Bertz CT molecular complexity index is 1230. The number of alkyl halides is 3. The van der Waals surface area contributed by atoms with E-state index in [-0.39, 0.29) is 5.69 Å². The van der Waals surface area contributed by atoms with Crippen LogP contribution in [0, 0.1) is 0 Å². The van der Waals surface area contributed by atoms with Crippen molar-refractivity contribution in [1.82, 2.24) is 9.97 Å². The van der Waals surface area contributed by atoms with E-state index in [4.69, 9.17) is 12.2 Å². The van der Waals surface area contributed by atoms with Crippen LogP contribution in [0.4, 0.5) is 36.1 Å². The van der Waals surface area contributed by atoms with Crippen LogP contribution in [0.1, 0.15) is 5.56 Å². The predicted octanol–water partition coefficient (Wildman–Crippen LogP) is 6.20. The number of para-hydroxylation sites is 1. The van der Waals surface area contributed by atoms with Crippen LogP contribution in [0.3, 0.4) is 0 Å². The van der Waals surface area contributed by atoms with Gasteiger partial charge in [0.1, 0.15) is 12.1 Å². The normalized spacial score (nSPS) is 11.2. The number of nitrogens with zero attached hydrogens (tertiary/aromatic N) is 2. The number of anilines is 4. The van der Waals surface area contributed by atoms with Crippen molar-refractivity contribution in [2.45, 2.75) is 6.18 Å². The van der Waals surface area contributed by atoms with Crippen LogP contribution in [0.25, 0.3) is 10.9 Å². The van der Waals surface area contributed by atoms with Gasteiger partial charge in [0.25, 0.3) is 0 Å². The molecule has 5 nitrogen and oxygen atoms in total. The molecule has 0 saturated heterocycles. The minimum absolute atomic E-state index is 0.273. The first-order valence-corrected chi connectivity index (χ1v) is 9.61. The van der Waals surface area contributed by atoms with Crippen molar-refractivity contribution in [2.75, 3.05) is 16.0 Å². The Morgan fingerprint density at radius 3 is 2.29 bits per heavy atom. The molecule has 1 heterocycles. The molecule has 31 heavy (non-hydrogen) atoms. The Morgan fingerprint density at radius 2 is 1.52 bits per heavy atom. The molecule has 9 heteroatoms. The molecule has 0 radical (unpaired) electrons. The lowest BCUT2D eigenvalue weighted by atomic mass is 10.1. The van der Waals surface area contributed by atoms with E-state index in [1.54, 1.807) is 18.2 Å². The van der Waals surface area contributed by atoms with Gasteiger partial charge in [0, 0.05) is 22.4 Å². The summed E-state index contributed by atoms with van der Waals surface area (Å²) in [6, 6.07) is 19.8. The maximum Gasteiger partial charge on any atom is 0.416 e. The SMILES string of the molecule is FC(F)(F)c1cccc(Nc2ncnc3ccc(NC(=S)Nc4ccccc4)cc23)c1. The van der Waals surface area contributed by atoms with Crippen LogP contribution in [-0.2, 0) is 6.18 Å². The van der Waals surface area contributed by atoms with E-state index in [0.29, 0.717) is 27.5 Å². The van der Waals surface area contributed by atoms with Gasteiger partial charge in [0.05, 0.1) is 11.1 Å². The Balaban J connectivity index is 1.58. The summed E-state index contributed by atoms with van der Waals surface area (Å²) in [4.78, 5) is 8.42. The van der Waals surface area contributed by atoms with E-state index in [1.807, 2.05) is 36.4 Å². The molecule has 4 aromatic rings. The van der Waals surface area contributed by atoms with Crippen LogP contribution in [0.15, 0.2) is 79.1 Å². The van der Waals surface area contributed by atoms with Crippen molar-refractivity contribution < 1.29 is 13.2 Å². The number of hydrogen-bond acceptors (Lipinski definition) is 4. The molecular formula is C22H16F3N5S. The second-order valence-corrected chi connectivity index (χ2v) is 7.01. The lowest BCUT2D eigenvalue weighted by Gasteiger charge is -2.13. The molecule has 0 aliphatic heterocycles. The molecule has 0 spiro atoms. The van der Waals surface area contributed by atoms with E-state index in [9.17, 15) is 13.2 Å². The average Bonchev–Trinajstić information content (AvgIpc) is 2.74. The Labute approximate surface area is 181 Å². The lowest BCUT2D eigenvalue weighted by molar-refractivity contribution is -0.137. The van der Waals surface area contributed by atoms with E-state index >= 15 is 0 Å². The molecule has 0 bridgehead atoms. The first kappa shape index (κ1) is 20.5. The summed E-state index contributed by atoms with van der Waals surface area (Å²) < 4.78 is 39.0. The number of fused-ring (bicyclic) bond motifs is 1. The number of rotatable bonds is 4. The summed E-state index contributed by atoms with van der Waals surface area (Å²) in [5, 5.41) is 10.2. The molecule has 4 rings (SSSR count). The molecule has 0 unspecified atom stereocenters. The highest BCUT2D eigenvalue weighted by Crippen LogP contribution is 2.32. The molecule has 3 N–H and O–H groups in total. The Hall–Kier alpha value is -3.72. The Morgan fingerprint density at radius 1 is 0.774 bits per heavy atom. The minimum Gasteiger partial charge on any atom is -0.340 e. The first-order valence-electron chi connectivity index (χ1n) is 9.20. The molecule has 0 amide bonds. The van der Waals surface area contributed by atoms with Crippen LogP contribution in [0.2, 0.25) is 0 Å². The number of thiocarbonyl (C=S) groups is 1. The monoisotopic (exact) mass is 439 g/mol. The third-order valence-electron chi connectivity index (χ3n) is 4.38. The number of nitrogens with one attached hydrogen (secondary N) is 3. The fourth-order valence-electron chi connectivity index (χ4n) is 2.96. The zero-order valence-corrected chi connectivity index (χ0v) is 16.8. The van der Waals surface area contributed by atoms with Gasteiger partial charge in [-0.25, -0.2) is 9.97 Å². The first-order chi connectivity index (χ1) is 14.9. The van der Waals surface area contributed by atoms with Crippen LogP contribution < -0.4 is 16.0 Å². The summed E-state index contributed by atoms with van der Waals surface area (Å²) in [5.41, 5.74) is 1.70. The topological polar surface area (TPSA) is 61.9 Å². The minimum atomic E-state index is -4.43. The summed E-state index contributed by atoms with van der Waals surface area (Å²) >= 11 is 5.35. The third kappa shape index (κ3) is 5.07. The van der Waals surface area contributed by atoms with Gasteiger partial charge < -0.3 is 16.0 Å². The highest BCUT2D eigenvalue weighted by Gasteiger charge is 2.30. The van der Waals surface area contributed by atoms with E-state index in [1.165, 1.54) is 12.4 Å². The van der Waals surface area contributed by atoms with Gasteiger partial charge in [0.2, 0.25) is 0 Å². The van der Waals surface area contributed by atoms with Crippen molar-refractivity contribution in [3.63, 3.8) is 0 Å². The van der Waals surface area contributed by atoms with Crippen molar-refractivity contribution in [2.24, 2.45) is 0 Å². The van der Waals surface area contributed by atoms with Gasteiger partial charge in [-0.15, -0.1) is 0 Å². The van der Waals surface area contributed by atoms with E-state index < -0.39 is 11.7 Å². The van der Waals surface area contributed by atoms with E-state index in [2.05, 4.69) is 25.9 Å². The van der Waals surface area contributed by atoms with Crippen molar-refractivity contribution in [3.05, 3.63) is 84.7 Å². The van der Waals surface area contributed by atoms with Gasteiger partial charge in [0.15, 0.2) is 5.11 Å². The maximum atomic E-state index is 13.0. The molecular weight excluding hydrogens is 423 g/mol. The molecule has 0 aliphatic carbocycles. The molecule has 0 atom stereocenters. The molecule has 0 saturated carbocycles. The molecule has 3 aromatic carbocycles. The summed E-state index contributed by atoms with van der Waals surface area (Å²) in [6.07, 6.45) is -3.07.